The van der Waals surface area contributed by atoms with Crippen molar-refractivity contribution in [1.82, 2.24) is 4.98 Å². The van der Waals surface area contributed by atoms with E-state index >= 15 is 0 Å². The van der Waals surface area contributed by atoms with Crippen LogP contribution < -0.4 is 0 Å². The summed E-state index contributed by atoms with van der Waals surface area (Å²) in [5.74, 6) is 0.310. The summed E-state index contributed by atoms with van der Waals surface area (Å²) in [5.41, 5.74) is 0.00168. The fourth-order valence-electron chi connectivity index (χ4n) is 0.665. The summed E-state index contributed by atoms with van der Waals surface area (Å²) in [6, 6.07) is 3.62. The number of thioether (sulfide) groups is 1. The molecule has 5 heteroatoms. The van der Waals surface area contributed by atoms with Gasteiger partial charge >= 0.3 is 0 Å². The minimum Gasteiger partial charge on any atom is -0.411 e. The third kappa shape index (κ3) is 3.25. The van der Waals surface area contributed by atoms with E-state index in [0.29, 0.717) is 5.75 Å². The van der Waals surface area contributed by atoms with Crippen LogP contribution in [0, 0.1) is 0 Å². The quantitative estimate of drug-likeness (QED) is 0.338. The van der Waals surface area contributed by atoms with Crippen LogP contribution in [-0.2, 0) is 4.79 Å². The molecule has 0 saturated heterocycles. The third-order valence-electron chi connectivity index (χ3n) is 1.26. The largest absolute Gasteiger partial charge is 0.411 e. The Morgan fingerprint density at radius 1 is 1.62 bits per heavy atom. The van der Waals surface area contributed by atoms with Gasteiger partial charge in [0.05, 0.1) is 0 Å². The summed E-state index contributed by atoms with van der Waals surface area (Å²) in [5, 5.41) is 11.1. The van der Waals surface area contributed by atoms with Gasteiger partial charge in [-0.25, -0.2) is 0 Å². The Morgan fingerprint density at radius 2 is 2.31 bits per heavy atom. The Bertz CT molecular complexity index is 300. The second-order valence-electron chi connectivity index (χ2n) is 2.12. The first-order valence-corrected chi connectivity index (χ1v) is 4.47. The van der Waals surface area contributed by atoms with Gasteiger partial charge in [-0.3, -0.25) is 9.78 Å². The van der Waals surface area contributed by atoms with Crippen LogP contribution in [0.5, 0.6) is 0 Å². The van der Waals surface area contributed by atoms with E-state index in [1.54, 1.807) is 12.4 Å². The molecule has 0 aliphatic rings. The average Bonchev–Trinajstić information content (AvgIpc) is 2.21. The lowest BCUT2D eigenvalue weighted by Gasteiger charge is -1.96. The van der Waals surface area contributed by atoms with Gasteiger partial charge in [-0.15, -0.1) is 11.8 Å². The van der Waals surface area contributed by atoms with Crippen molar-refractivity contribution >= 4 is 23.8 Å². The number of oxime groups is 1. The number of hydrogen-bond donors (Lipinski definition) is 1. The number of pyridine rings is 1. The molecule has 0 saturated carbocycles. The van der Waals surface area contributed by atoms with E-state index in [1.165, 1.54) is 18.0 Å². The van der Waals surface area contributed by atoms with Crippen LogP contribution in [0.15, 0.2) is 34.6 Å². The molecule has 13 heavy (non-hydrogen) atoms. The van der Waals surface area contributed by atoms with E-state index in [9.17, 15) is 4.79 Å². The van der Waals surface area contributed by atoms with Gasteiger partial charge < -0.3 is 5.21 Å². The van der Waals surface area contributed by atoms with E-state index in [2.05, 4.69) is 10.1 Å². The first kappa shape index (κ1) is 9.73. The molecular weight excluding hydrogens is 188 g/mol. The number of carbonyl (C=O) groups excluding carboxylic acids is 1. The standard InChI is InChI=1S/C8H7N2O2S/c11-5-7(10-12)6-13-8-1-3-9-4-2-8/h1-4,12H,6H2/b10-7+. The Labute approximate surface area is 79.7 Å². The molecule has 0 spiro atoms. The second-order valence-corrected chi connectivity index (χ2v) is 3.17. The summed E-state index contributed by atoms with van der Waals surface area (Å²) in [4.78, 5) is 14.9. The zero-order valence-corrected chi connectivity index (χ0v) is 7.49. The first-order valence-electron chi connectivity index (χ1n) is 3.48. The van der Waals surface area contributed by atoms with Gasteiger partial charge in [-0.1, -0.05) is 5.16 Å². The lowest BCUT2D eigenvalue weighted by atomic mass is 10.5. The van der Waals surface area contributed by atoms with Gasteiger partial charge in [0.1, 0.15) is 5.71 Å². The van der Waals surface area contributed by atoms with Crippen LogP contribution in [0.2, 0.25) is 0 Å². The maximum atomic E-state index is 10.1. The monoisotopic (exact) mass is 195 g/mol. The molecule has 0 bridgehead atoms. The molecule has 1 aromatic heterocycles. The van der Waals surface area contributed by atoms with Crippen LogP contribution >= 0.6 is 11.8 Å². The van der Waals surface area contributed by atoms with Crippen molar-refractivity contribution < 1.29 is 10.0 Å². The molecule has 1 aromatic rings. The number of rotatable bonds is 4. The Kier molecular flexibility index (Phi) is 3.98. The van der Waals surface area contributed by atoms with E-state index in [1.807, 2.05) is 12.1 Å². The van der Waals surface area contributed by atoms with E-state index in [-0.39, 0.29) is 5.71 Å². The van der Waals surface area contributed by atoms with Gasteiger partial charge in [0.25, 0.3) is 6.29 Å². The molecule has 67 valence electrons. The van der Waals surface area contributed by atoms with E-state index in [0.717, 1.165) is 4.90 Å². The molecule has 0 aliphatic heterocycles. The SMILES string of the molecule is O=[C]/C(CSc1ccncc1)=N\O. The Balaban J connectivity index is 2.48. The average molecular weight is 195 g/mol. The van der Waals surface area contributed by atoms with Gasteiger partial charge in [0.15, 0.2) is 0 Å². The summed E-state index contributed by atoms with van der Waals surface area (Å²) < 4.78 is 0. The zero-order valence-electron chi connectivity index (χ0n) is 6.67. The molecule has 0 fully saturated rings. The minimum absolute atomic E-state index is 0.00168. The predicted molar refractivity (Wildman–Crippen MR) is 49.9 cm³/mol. The molecule has 1 heterocycles. The summed E-state index contributed by atoms with van der Waals surface area (Å²) in [7, 11) is 0. The van der Waals surface area contributed by atoms with E-state index < -0.39 is 0 Å². The highest BCUT2D eigenvalue weighted by molar-refractivity contribution is 8.00. The van der Waals surface area contributed by atoms with Gasteiger partial charge in [0, 0.05) is 23.0 Å². The highest BCUT2D eigenvalue weighted by Crippen LogP contribution is 2.15. The van der Waals surface area contributed by atoms with Crippen molar-refractivity contribution in [3.8, 4) is 0 Å². The topological polar surface area (TPSA) is 62.5 Å². The van der Waals surface area contributed by atoms with Gasteiger partial charge in [-0.2, -0.15) is 0 Å². The molecule has 0 atom stereocenters. The maximum absolute atomic E-state index is 10.1. The van der Waals surface area contributed by atoms with Crippen LogP contribution in [0.1, 0.15) is 0 Å². The van der Waals surface area contributed by atoms with Crippen molar-refractivity contribution in [3.05, 3.63) is 24.5 Å². The molecular formula is C8H7N2O2S. The molecule has 1 rings (SSSR count). The second kappa shape index (κ2) is 5.31. The third-order valence-corrected chi connectivity index (χ3v) is 2.29. The molecule has 4 nitrogen and oxygen atoms in total. The molecule has 0 amide bonds. The number of aromatic nitrogens is 1. The maximum Gasteiger partial charge on any atom is 0.253 e. The molecule has 0 aliphatic carbocycles. The smallest absolute Gasteiger partial charge is 0.253 e. The fourth-order valence-corrected chi connectivity index (χ4v) is 1.40. The van der Waals surface area contributed by atoms with Crippen molar-refractivity contribution in [2.45, 2.75) is 4.90 Å². The minimum atomic E-state index is 0.00168. The zero-order chi connectivity index (χ0) is 9.52. The lowest BCUT2D eigenvalue weighted by Crippen LogP contribution is -2.02. The Morgan fingerprint density at radius 3 is 2.85 bits per heavy atom. The van der Waals surface area contributed by atoms with Gasteiger partial charge in [-0.05, 0) is 12.1 Å². The summed E-state index contributed by atoms with van der Waals surface area (Å²) >= 11 is 1.38. The molecule has 0 aromatic carbocycles. The molecule has 1 radical (unpaired) electrons. The van der Waals surface area contributed by atoms with Crippen molar-refractivity contribution in [2.24, 2.45) is 5.16 Å². The van der Waals surface area contributed by atoms with Crippen molar-refractivity contribution in [3.63, 3.8) is 0 Å². The fraction of sp³-hybridized carbons (Fsp3) is 0.125. The number of nitrogens with zero attached hydrogens (tertiary/aromatic N) is 2. The predicted octanol–water partition coefficient (Wildman–Crippen LogP) is 1.11. The van der Waals surface area contributed by atoms with E-state index in [4.69, 9.17) is 5.21 Å². The van der Waals surface area contributed by atoms with Crippen LogP contribution in [0.25, 0.3) is 0 Å². The van der Waals surface area contributed by atoms with Crippen molar-refractivity contribution in [2.75, 3.05) is 5.75 Å². The molecule has 0 unspecified atom stereocenters. The normalized spacial score (nSPS) is 11.2. The Hall–Kier alpha value is -1.36. The van der Waals surface area contributed by atoms with Crippen LogP contribution in [0.4, 0.5) is 0 Å². The first-order chi connectivity index (χ1) is 6.36. The summed E-state index contributed by atoms with van der Waals surface area (Å²) in [6.45, 7) is 0. The van der Waals surface area contributed by atoms with Crippen molar-refractivity contribution in [1.29, 1.82) is 0 Å². The number of hydrogen-bond acceptors (Lipinski definition) is 5. The highest BCUT2D eigenvalue weighted by Gasteiger charge is 2.00. The van der Waals surface area contributed by atoms with Gasteiger partial charge in [0.2, 0.25) is 0 Å². The van der Waals surface area contributed by atoms with Crippen LogP contribution in [0.3, 0.4) is 0 Å². The molecule has 1 N–H and O–H groups in total. The highest BCUT2D eigenvalue weighted by atomic mass is 32.2. The van der Waals surface area contributed by atoms with Crippen LogP contribution in [-0.4, -0.2) is 27.9 Å². The lowest BCUT2D eigenvalue weighted by molar-refractivity contribution is 0.319. The summed E-state index contributed by atoms with van der Waals surface area (Å²) in [6.07, 6.45) is 4.85.